The van der Waals surface area contributed by atoms with Gasteiger partial charge in [-0.25, -0.2) is 17.7 Å². The molecule has 10 heteroatoms. The molecule has 0 spiro atoms. The molecule has 186 valence electrons. The van der Waals surface area contributed by atoms with Crippen LogP contribution in [0.2, 0.25) is 5.02 Å². The number of nitrogens with zero attached hydrogens (tertiary/aromatic N) is 2. The van der Waals surface area contributed by atoms with Crippen LogP contribution in [-0.2, 0) is 14.8 Å². The van der Waals surface area contributed by atoms with Gasteiger partial charge in [0.2, 0.25) is 15.9 Å². The summed E-state index contributed by atoms with van der Waals surface area (Å²) < 4.78 is 31.5. The topological polar surface area (TPSA) is 88.6 Å². The maximum absolute atomic E-state index is 12.7. The lowest BCUT2D eigenvalue weighted by Crippen LogP contribution is -2.23. The maximum Gasteiger partial charge on any atom is 0.244 e. The van der Waals surface area contributed by atoms with E-state index in [1.165, 1.54) is 38.0 Å². The van der Waals surface area contributed by atoms with Gasteiger partial charge in [0, 0.05) is 31.2 Å². The molecule has 7 nitrogen and oxygen atoms in total. The van der Waals surface area contributed by atoms with Gasteiger partial charge < -0.3 is 10.1 Å². The van der Waals surface area contributed by atoms with E-state index in [0.29, 0.717) is 16.5 Å². The minimum Gasteiger partial charge on any atom is -0.497 e. The number of anilines is 1. The zero-order chi connectivity index (χ0) is 25.9. The van der Waals surface area contributed by atoms with Crippen molar-refractivity contribution in [2.75, 3.05) is 32.3 Å². The molecule has 1 heterocycles. The number of pyridine rings is 1. The van der Waals surface area contributed by atoms with Crippen LogP contribution in [0.3, 0.4) is 0 Å². The zero-order valence-corrected chi connectivity index (χ0v) is 22.2. The van der Waals surface area contributed by atoms with E-state index in [1.807, 2.05) is 54.6 Å². The Balaban J connectivity index is 1.57. The number of methoxy groups -OCH3 is 1. The highest BCUT2D eigenvalue weighted by Gasteiger charge is 2.21. The normalized spacial score (nSPS) is 11.6. The Labute approximate surface area is 219 Å². The monoisotopic (exact) mass is 541 g/mol. The van der Waals surface area contributed by atoms with Gasteiger partial charge in [0.15, 0.2) is 0 Å². The number of ether oxygens (including phenoxy) is 1. The number of rotatable bonds is 8. The van der Waals surface area contributed by atoms with Crippen LogP contribution in [0.15, 0.2) is 82.7 Å². The summed E-state index contributed by atoms with van der Waals surface area (Å²) >= 11 is 7.38. The summed E-state index contributed by atoms with van der Waals surface area (Å²) in [5, 5.41) is 4.48. The van der Waals surface area contributed by atoms with E-state index in [4.69, 9.17) is 21.3 Å². The summed E-state index contributed by atoms with van der Waals surface area (Å²) in [5.41, 5.74) is 3.14. The fourth-order valence-electron chi connectivity index (χ4n) is 3.55. The fourth-order valence-corrected chi connectivity index (χ4v) is 5.66. The van der Waals surface area contributed by atoms with Crippen molar-refractivity contribution in [1.82, 2.24) is 9.29 Å². The van der Waals surface area contributed by atoms with Gasteiger partial charge in [-0.15, -0.1) is 0 Å². The molecule has 0 unspecified atom stereocenters. The Bertz CT molecular complexity index is 1530. The number of amides is 1. The SMILES string of the molecule is COc1ccc2c(-c3ccccc3)cc(SCC(=O)Nc3ccc(Cl)c(S(=O)(=O)N(C)C)c3)nc2c1. The molecule has 0 saturated carbocycles. The Hall–Kier alpha value is -3.11. The number of nitrogens with one attached hydrogen (secondary N) is 1. The van der Waals surface area contributed by atoms with E-state index in [-0.39, 0.29) is 21.6 Å². The molecule has 4 rings (SSSR count). The van der Waals surface area contributed by atoms with Crippen molar-refractivity contribution < 1.29 is 17.9 Å². The van der Waals surface area contributed by atoms with Crippen LogP contribution in [0.4, 0.5) is 5.69 Å². The molecule has 0 saturated heterocycles. The Morgan fingerprint density at radius 2 is 1.81 bits per heavy atom. The van der Waals surface area contributed by atoms with Crippen molar-refractivity contribution >= 4 is 55.9 Å². The predicted molar refractivity (Wildman–Crippen MR) is 145 cm³/mol. The number of hydrogen-bond acceptors (Lipinski definition) is 6. The Morgan fingerprint density at radius 3 is 2.50 bits per heavy atom. The maximum atomic E-state index is 12.7. The summed E-state index contributed by atoms with van der Waals surface area (Å²) in [4.78, 5) is 17.4. The summed E-state index contributed by atoms with van der Waals surface area (Å²) in [6.45, 7) is 0. The Kier molecular flexibility index (Phi) is 7.85. The van der Waals surface area contributed by atoms with Gasteiger partial charge in [0.05, 0.1) is 28.4 Å². The van der Waals surface area contributed by atoms with Crippen molar-refractivity contribution in [2.45, 2.75) is 9.92 Å². The number of halogens is 1. The van der Waals surface area contributed by atoms with Gasteiger partial charge in [-0.2, -0.15) is 0 Å². The second-order valence-corrected chi connectivity index (χ2v) is 11.5. The highest BCUT2D eigenvalue weighted by molar-refractivity contribution is 7.99. The molecule has 1 aromatic heterocycles. The molecule has 36 heavy (non-hydrogen) atoms. The van der Waals surface area contributed by atoms with Gasteiger partial charge in [0.1, 0.15) is 10.6 Å². The van der Waals surface area contributed by atoms with Crippen molar-refractivity contribution in [3.63, 3.8) is 0 Å². The molecular formula is C26H24ClN3O4S2. The minimum absolute atomic E-state index is 0.0720. The van der Waals surface area contributed by atoms with Crippen LogP contribution in [-0.4, -0.2) is 50.6 Å². The third kappa shape index (κ3) is 5.65. The smallest absolute Gasteiger partial charge is 0.244 e. The molecule has 0 atom stereocenters. The predicted octanol–water partition coefficient (Wildman–Crippen LogP) is 5.54. The number of carbonyl (C=O) groups excluding carboxylic acids is 1. The molecule has 0 aliphatic heterocycles. The van der Waals surface area contributed by atoms with E-state index in [0.717, 1.165) is 26.3 Å². The summed E-state index contributed by atoms with van der Waals surface area (Å²) in [6.07, 6.45) is 0. The first-order chi connectivity index (χ1) is 17.2. The molecule has 0 fully saturated rings. The second kappa shape index (κ2) is 10.9. The fraction of sp³-hybridized carbons (Fsp3) is 0.154. The third-order valence-corrected chi connectivity index (χ3v) is 8.61. The third-order valence-electron chi connectivity index (χ3n) is 5.40. The number of aromatic nitrogens is 1. The molecule has 0 aliphatic rings. The Morgan fingerprint density at radius 1 is 1.06 bits per heavy atom. The molecule has 0 aliphatic carbocycles. The molecule has 4 aromatic rings. The van der Waals surface area contributed by atoms with Gasteiger partial charge >= 0.3 is 0 Å². The van der Waals surface area contributed by atoms with Crippen LogP contribution in [0.5, 0.6) is 5.75 Å². The summed E-state index contributed by atoms with van der Waals surface area (Å²) in [5.74, 6) is 0.471. The second-order valence-electron chi connectivity index (χ2n) is 8.03. The molecule has 0 radical (unpaired) electrons. The van der Waals surface area contributed by atoms with Crippen LogP contribution in [0, 0.1) is 0 Å². The first kappa shape index (κ1) is 26.0. The molecule has 1 amide bonds. The standard InChI is InChI=1S/C26H24ClN3O4S2/c1-30(2)36(32,33)24-13-18(9-12-22(24)27)28-25(31)16-35-26-15-21(17-7-5-4-6-8-17)20-11-10-19(34-3)14-23(20)29-26/h4-15H,16H2,1-3H3,(H,28,31). The quantitative estimate of drug-likeness (QED) is 0.294. The lowest BCUT2D eigenvalue weighted by molar-refractivity contribution is -0.113. The van der Waals surface area contributed by atoms with Crippen molar-refractivity contribution in [2.24, 2.45) is 0 Å². The number of thioether (sulfide) groups is 1. The van der Waals surface area contributed by atoms with E-state index < -0.39 is 10.0 Å². The van der Waals surface area contributed by atoms with E-state index in [2.05, 4.69) is 5.32 Å². The highest BCUT2D eigenvalue weighted by Crippen LogP contribution is 2.33. The number of carbonyl (C=O) groups is 1. The number of fused-ring (bicyclic) bond motifs is 1. The highest BCUT2D eigenvalue weighted by atomic mass is 35.5. The average Bonchev–Trinajstić information content (AvgIpc) is 2.88. The lowest BCUT2D eigenvalue weighted by Gasteiger charge is -2.14. The van der Waals surface area contributed by atoms with Crippen molar-refractivity contribution in [1.29, 1.82) is 0 Å². The summed E-state index contributed by atoms with van der Waals surface area (Å²) in [6, 6.07) is 22.0. The van der Waals surface area contributed by atoms with Gasteiger partial charge in [0.25, 0.3) is 0 Å². The first-order valence-electron chi connectivity index (χ1n) is 10.9. The van der Waals surface area contributed by atoms with Crippen LogP contribution >= 0.6 is 23.4 Å². The van der Waals surface area contributed by atoms with Crippen LogP contribution < -0.4 is 10.1 Å². The van der Waals surface area contributed by atoms with E-state index in [9.17, 15) is 13.2 Å². The van der Waals surface area contributed by atoms with Gasteiger partial charge in [-0.3, -0.25) is 4.79 Å². The largest absolute Gasteiger partial charge is 0.497 e. The van der Waals surface area contributed by atoms with Gasteiger partial charge in [-0.1, -0.05) is 53.7 Å². The number of sulfonamides is 1. The average molecular weight is 542 g/mol. The van der Waals surface area contributed by atoms with Crippen molar-refractivity contribution in [3.05, 3.63) is 77.8 Å². The molecular weight excluding hydrogens is 518 g/mol. The minimum atomic E-state index is -3.75. The van der Waals surface area contributed by atoms with Gasteiger partial charge in [-0.05, 0) is 47.5 Å². The summed E-state index contributed by atoms with van der Waals surface area (Å²) in [7, 11) is 0.691. The van der Waals surface area contributed by atoms with Crippen LogP contribution in [0.25, 0.3) is 22.0 Å². The zero-order valence-electron chi connectivity index (χ0n) is 19.9. The first-order valence-corrected chi connectivity index (χ1v) is 13.7. The van der Waals surface area contributed by atoms with Crippen LogP contribution in [0.1, 0.15) is 0 Å². The van der Waals surface area contributed by atoms with Crippen molar-refractivity contribution in [3.8, 4) is 16.9 Å². The lowest BCUT2D eigenvalue weighted by atomic mass is 10.0. The van der Waals surface area contributed by atoms with E-state index >= 15 is 0 Å². The number of hydrogen-bond donors (Lipinski definition) is 1. The molecule has 1 N–H and O–H groups in total. The molecule has 3 aromatic carbocycles. The number of benzene rings is 3. The molecule has 0 bridgehead atoms. The van der Waals surface area contributed by atoms with E-state index in [1.54, 1.807) is 13.2 Å².